The average Bonchev–Trinajstić information content (AvgIpc) is 3.26. The summed E-state index contributed by atoms with van der Waals surface area (Å²) >= 11 is 0. The van der Waals surface area contributed by atoms with E-state index >= 15 is 0 Å². The minimum Gasteiger partial charge on any atom is -0.428 e. The van der Waals surface area contributed by atoms with Gasteiger partial charge in [0.1, 0.15) is 34.8 Å². The quantitative estimate of drug-likeness (QED) is 0.0506. The SMILES string of the molecule is C.C.CC(=O)OC(C)=O.N[C@](Cc1ccccc1)(c1ccc(F)cc1)c1cc(F)cc(OC(F)(F)C(F)F)c1.[C-]#[N+][C@](Cc1ccccc1)(c1ccc(F)cc1)c1cc(F)cc(OC(F)(F)C(F)F)c1. The molecule has 6 rings (SSSR count). The van der Waals surface area contributed by atoms with Crippen molar-refractivity contribution >= 4 is 11.9 Å². The zero-order valence-corrected chi connectivity index (χ0v) is 35.5. The third kappa shape index (κ3) is 16.1. The Morgan fingerprint density at radius 3 is 1.27 bits per heavy atom. The molecule has 6 aromatic rings. The van der Waals surface area contributed by atoms with Crippen LogP contribution in [0, 0.1) is 29.8 Å². The lowest BCUT2D eigenvalue weighted by molar-refractivity contribution is -0.253. The van der Waals surface area contributed by atoms with Gasteiger partial charge in [0.2, 0.25) is 0 Å². The highest BCUT2D eigenvalue weighted by Crippen LogP contribution is 2.41. The minimum absolute atomic E-state index is 0. The first-order valence-corrected chi connectivity index (χ1v) is 19.7. The van der Waals surface area contributed by atoms with Crippen LogP contribution in [0.4, 0.5) is 52.7 Å². The lowest BCUT2D eigenvalue weighted by atomic mass is 9.78. The predicted octanol–water partition coefficient (Wildman–Crippen LogP) is 13.6. The van der Waals surface area contributed by atoms with Gasteiger partial charge in [-0.05, 0) is 89.3 Å². The third-order valence-electron chi connectivity index (χ3n) is 9.54. The monoisotopic (exact) mass is 994 g/mol. The van der Waals surface area contributed by atoms with Crippen LogP contribution in [-0.2, 0) is 38.2 Å². The van der Waals surface area contributed by atoms with Crippen LogP contribution in [0.2, 0.25) is 0 Å². The summed E-state index contributed by atoms with van der Waals surface area (Å²) < 4.78 is 171. The number of hydrogen-bond acceptors (Lipinski definition) is 6. The van der Waals surface area contributed by atoms with Crippen molar-refractivity contribution in [2.24, 2.45) is 5.73 Å². The summed E-state index contributed by atoms with van der Waals surface area (Å²) in [6, 6.07) is 32.3. The summed E-state index contributed by atoms with van der Waals surface area (Å²) in [6.45, 7) is 10.2. The van der Waals surface area contributed by atoms with Crippen molar-refractivity contribution in [3.05, 3.63) is 214 Å². The molecule has 19 heteroatoms. The molecule has 0 aliphatic heterocycles. The van der Waals surface area contributed by atoms with E-state index in [-0.39, 0.29) is 44.4 Å². The topological polar surface area (TPSA) is 92.2 Å². The molecule has 0 heterocycles. The Morgan fingerprint density at radius 1 is 0.529 bits per heavy atom. The summed E-state index contributed by atoms with van der Waals surface area (Å²) in [4.78, 5) is 23.3. The molecule has 7 nitrogen and oxygen atoms in total. The van der Waals surface area contributed by atoms with Crippen LogP contribution in [0.1, 0.15) is 62.1 Å². The Bertz CT molecular complexity index is 2640. The van der Waals surface area contributed by atoms with Crippen LogP contribution in [0.3, 0.4) is 0 Å². The van der Waals surface area contributed by atoms with Gasteiger partial charge in [-0.2, -0.15) is 35.1 Å². The zero-order chi connectivity index (χ0) is 50.5. The van der Waals surface area contributed by atoms with Gasteiger partial charge in [-0.3, -0.25) is 14.4 Å². The number of rotatable bonds is 14. The highest BCUT2D eigenvalue weighted by molar-refractivity contribution is 5.82. The van der Waals surface area contributed by atoms with Gasteiger partial charge in [0.15, 0.2) is 0 Å². The van der Waals surface area contributed by atoms with Crippen LogP contribution in [0.15, 0.2) is 146 Å². The van der Waals surface area contributed by atoms with Crippen molar-refractivity contribution in [1.29, 1.82) is 0 Å². The highest BCUT2D eigenvalue weighted by atomic mass is 19.3. The van der Waals surface area contributed by atoms with Gasteiger partial charge in [0.25, 0.3) is 5.54 Å². The molecule has 374 valence electrons. The number of halogens is 12. The molecule has 70 heavy (non-hydrogen) atoms. The van der Waals surface area contributed by atoms with Crippen molar-refractivity contribution in [3.8, 4) is 11.5 Å². The maximum absolute atomic E-state index is 14.3. The summed E-state index contributed by atoms with van der Waals surface area (Å²) in [6.07, 6.45) is -17.8. The molecule has 0 spiro atoms. The Hall–Kier alpha value is -7.33. The molecule has 0 amide bonds. The van der Waals surface area contributed by atoms with Crippen LogP contribution in [0.25, 0.3) is 4.85 Å². The van der Waals surface area contributed by atoms with Crippen molar-refractivity contribution in [2.45, 2.75) is 77.7 Å². The van der Waals surface area contributed by atoms with Crippen LogP contribution in [-0.4, -0.2) is 37.0 Å². The van der Waals surface area contributed by atoms with Gasteiger partial charge >= 0.3 is 37.0 Å². The molecular formula is C51H46F12N2O5. The van der Waals surface area contributed by atoms with Crippen molar-refractivity contribution in [3.63, 3.8) is 0 Å². The second-order valence-corrected chi connectivity index (χ2v) is 14.6. The number of nitrogens with two attached hydrogens (primary N) is 1. The van der Waals surface area contributed by atoms with E-state index in [1.54, 1.807) is 60.7 Å². The van der Waals surface area contributed by atoms with Crippen LogP contribution in [0.5, 0.6) is 11.5 Å². The summed E-state index contributed by atoms with van der Waals surface area (Å²) in [7, 11) is 0. The molecular weight excluding hydrogens is 949 g/mol. The maximum Gasteiger partial charge on any atom is 0.461 e. The summed E-state index contributed by atoms with van der Waals surface area (Å²) in [5.74, 6) is -5.94. The Kier molecular flexibility index (Phi) is 21.3. The highest BCUT2D eigenvalue weighted by Gasteiger charge is 2.47. The first kappa shape index (κ1) is 58.8. The molecule has 0 unspecified atom stereocenters. The van der Waals surface area contributed by atoms with E-state index in [9.17, 15) is 62.3 Å². The zero-order valence-electron chi connectivity index (χ0n) is 35.5. The second-order valence-electron chi connectivity index (χ2n) is 14.6. The molecule has 2 atom stereocenters. The van der Waals surface area contributed by atoms with E-state index in [0.717, 1.165) is 54.1 Å². The van der Waals surface area contributed by atoms with E-state index in [2.05, 4.69) is 19.1 Å². The molecule has 0 aromatic heterocycles. The maximum atomic E-state index is 14.3. The van der Waals surface area contributed by atoms with Gasteiger partial charge in [-0.1, -0.05) is 87.6 Å². The van der Waals surface area contributed by atoms with Gasteiger partial charge < -0.3 is 19.9 Å². The molecule has 0 saturated heterocycles. The van der Waals surface area contributed by atoms with Crippen molar-refractivity contribution in [1.82, 2.24) is 0 Å². The Balaban J connectivity index is 0.000000412. The largest absolute Gasteiger partial charge is 0.461 e. The van der Waals surface area contributed by atoms with E-state index in [1.165, 1.54) is 38.1 Å². The molecule has 0 aliphatic carbocycles. The fourth-order valence-corrected chi connectivity index (χ4v) is 6.54. The third-order valence-corrected chi connectivity index (χ3v) is 9.54. The van der Waals surface area contributed by atoms with E-state index < -0.39 is 82.9 Å². The Labute approximate surface area is 396 Å². The first-order chi connectivity index (χ1) is 31.9. The van der Waals surface area contributed by atoms with E-state index in [1.807, 2.05) is 0 Å². The summed E-state index contributed by atoms with van der Waals surface area (Å²) in [5.41, 5.74) is 5.38. The van der Waals surface area contributed by atoms with Crippen LogP contribution >= 0.6 is 0 Å². The number of benzene rings is 6. The minimum atomic E-state index is -4.85. The van der Waals surface area contributed by atoms with Crippen molar-refractivity contribution < 1.29 is 76.5 Å². The molecule has 0 radical (unpaired) electrons. The second kappa shape index (κ2) is 25.3. The molecule has 0 saturated carbocycles. The van der Waals surface area contributed by atoms with E-state index in [4.69, 9.17) is 12.3 Å². The molecule has 0 fully saturated rings. The lowest BCUT2D eigenvalue weighted by Crippen LogP contribution is -2.40. The number of carbonyl (C=O) groups excluding carboxylic acids is 2. The van der Waals surface area contributed by atoms with Crippen molar-refractivity contribution in [2.75, 3.05) is 0 Å². The molecule has 0 aliphatic rings. The molecule has 2 N–H and O–H groups in total. The smallest absolute Gasteiger partial charge is 0.428 e. The van der Waals surface area contributed by atoms with Gasteiger partial charge in [-0.15, -0.1) is 0 Å². The number of carbonyl (C=O) groups is 2. The van der Waals surface area contributed by atoms with Gasteiger partial charge in [-0.25, -0.2) is 24.1 Å². The predicted molar refractivity (Wildman–Crippen MR) is 237 cm³/mol. The number of hydrogen-bond donors (Lipinski definition) is 1. The normalized spacial score (nSPS) is 12.7. The standard InChI is InChI=1S/C23H15F6NO.C22H17F6NO.C4H6O3.2CH4/c1-30-22(14-15-5-3-2-4-6-15,16-7-9-18(24)10-8-16)17-11-19(25)13-20(12-17)31-23(28,29)21(26)27;23-17-8-6-15(7-9-17)21(29,13-14-4-2-1-3-5-14)16-10-18(24)12-19(11-16)30-22(27,28)20(25)26;1-3(5)7-4(2)6;;/h2-13,21H,14H2;1-12,20H,13,29H2;1-2H3;2*1H4/t22-;21-;;;/m11.../s1. The lowest BCUT2D eigenvalue weighted by Gasteiger charge is -2.32. The van der Waals surface area contributed by atoms with Gasteiger partial charge in [0, 0.05) is 37.1 Å². The van der Waals surface area contributed by atoms with Crippen LogP contribution < -0.4 is 15.2 Å². The molecule has 6 aromatic carbocycles. The van der Waals surface area contributed by atoms with E-state index in [0.29, 0.717) is 23.3 Å². The number of alkyl halides is 8. The fourth-order valence-electron chi connectivity index (χ4n) is 6.54. The molecule has 0 bridgehead atoms. The number of ether oxygens (including phenoxy) is 3. The van der Waals surface area contributed by atoms with Gasteiger partial charge in [0.05, 0.1) is 12.0 Å². The Morgan fingerprint density at radius 2 is 0.900 bits per heavy atom. The first-order valence-electron chi connectivity index (χ1n) is 19.7. The fraction of sp³-hybridized carbons (Fsp3) is 0.235. The summed E-state index contributed by atoms with van der Waals surface area (Å²) in [5, 5.41) is 0. The number of nitrogens with zero attached hydrogens (tertiary/aromatic N) is 1. The average molecular weight is 995 g/mol. The number of esters is 2.